The summed E-state index contributed by atoms with van der Waals surface area (Å²) >= 11 is 5.91. The molecular weight excluding hydrogens is 275 g/mol. The molecule has 0 bridgehead atoms. The van der Waals surface area contributed by atoms with Gasteiger partial charge in [-0.1, -0.05) is 27.7 Å². The summed E-state index contributed by atoms with van der Waals surface area (Å²) in [6.45, 7) is 9.03. The first-order chi connectivity index (χ1) is 9.30. The number of hydrogen-bond acceptors (Lipinski definition) is 1. The molecule has 2 aromatic rings. The van der Waals surface area contributed by atoms with E-state index in [0.717, 1.165) is 16.9 Å². The molecule has 1 aliphatic carbocycles. The Morgan fingerprint density at radius 1 is 1.25 bits per heavy atom. The lowest BCUT2D eigenvalue weighted by atomic mass is 10.0. The number of aryl methyl sites for hydroxylation is 1. The fourth-order valence-corrected chi connectivity index (χ4v) is 3.64. The number of halogens is 2. The zero-order valence-corrected chi connectivity index (χ0v) is 13.1. The van der Waals surface area contributed by atoms with Crippen LogP contribution in [0.3, 0.4) is 0 Å². The zero-order valence-electron chi connectivity index (χ0n) is 12.4. The topological polar surface area (TPSA) is 17.8 Å². The van der Waals surface area contributed by atoms with Gasteiger partial charge >= 0.3 is 0 Å². The van der Waals surface area contributed by atoms with Gasteiger partial charge in [-0.15, -0.1) is 11.6 Å². The van der Waals surface area contributed by atoms with Crippen molar-refractivity contribution in [2.75, 3.05) is 5.88 Å². The first-order valence-electron chi connectivity index (χ1n) is 7.03. The van der Waals surface area contributed by atoms with Gasteiger partial charge in [0.05, 0.1) is 11.0 Å². The quantitative estimate of drug-likeness (QED) is 0.759. The molecule has 4 heteroatoms. The predicted octanol–water partition coefficient (Wildman–Crippen LogP) is 4.56. The van der Waals surface area contributed by atoms with Crippen LogP contribution in [0.5, 0.6) is 0 Å². The molecule has 0 atom stereocenters. The fourth-order valence-electron chi connectivity index (χ4n) is 3.47. The van der Waals surface area contributed by atoms with E-state index >= 15 is 0 Å². The van der Waals surface area contributed by atoms with Crippen molar-refractivity contribution in [1.29, 1.82) is 0 Å². The number of nitrogens with zero attached hydrogens (tertiary/aromatic N) is 2. The highest BCUT2D eigenvalue weighted by molar-refractivity contribution is 6.17. The number of hydrogen-bond donors (Lipinski definition) is 0. The van der Waals surface area contributed by atoms with Crippen LogP contribution in [0.2, 0.25) is 0 Å². The molecular formula is C16H20ClFN2. The van der Waals surface area contributed by atoms with E-state index in [4.69, 9.17) is 11.6 Å². The van der Waals surface area contributed by atoms with Crippen LogP contribution in [0.4, 0.5) is 4.39 Å². The van der Waals surface area contributed by atoms with E-state index in [9.17, 15) is 4.39 Å². The third-order valence-corrected chi connectivity index (χ3v) is 5.43. The Labute approximate surface area is 123 Å². The van der Waals surface area contributed by atoms with E-state index in [-0.39, 0.29) is 16.6 Å². The molecule has 0 radical (unpaired) electrons. The number of imidazole rings is 1. The Morgan fingerprint density at radius 3 is 2.45 bits per heavy atom. The van der Waals surface area contributed by atoms with Gasteiger partial charge in [-0.05, 0) is 29.0 Å². The minimum Gasteiger partial charge on any atom is -0.324 e. The van der Waals surface area contributed by atoms with Gasteiger partial charge in [-0.25, -0.2) is 9.37 Å². The number of benzene rings is 1. The van der Waals surface area contributed by atoms with E-state index in [0.29, 0.717) is 18.3 Å². The Kier molecular flexibility index (Phi) is 2.91. The molecule has 1 aromatic heterocycles. The second-order valence-corrected chi connectivity index (χ2v) is 7.19. The second kappa shape index (κ2) is 4.20. The molecule has 1 fully saturated rings. The molecule has 1 heterocycles. The third kappa shape index (κ3) is 1.72. The molecule has 3 rings (SSSR count). The molecule has 1 aliphatic rings. The zero-order chi connectivity index (χ0) is 14.7. The summed E-state index contributed by atoms with van der Waals surface area (Å²) in [5.41, 5.74) is 2.08. The van der Waals surface area contributed by atoms with Crippen molar-refractivity contribution in [3.8, 4) is 0 Å². The van der Waals surface area contributed by atoms with Gasteiger partial charge in [0, 0.05) is 18.3 Å². The average molecular weight is 295 g/mol. The highest BCUT2D eigenvalue weighted by atomic mass is 35.5. The average Bonchev–Trinajstić information content (AvgIpc) is 2.65. The highest BCUT2D eigenvalue weighted by Crippen LogP contribution is 2.72. The third-order valence-electron chi connectivity index (χ3n) is 5.25. The van der Waals surface area contributed by atoms with Crippen LogP contribution < -0.4 is 0 Å². The van der Waals surface area contributed by atoms with Gasteiger partial charge < -0.3 is 4.57 Å². The molecule has 1 aromatic carbocycles. The Bertz CT molecular complexity index is 658. The van der Waals surface area contributed by atoms with Crippen LogP contribution in [0.25, 0.3) is 11.0 Å². The lowest BCUT2D eigenvalue weighted by Crippen LogP contribution is -2.07. The van der Waals surface area contributed by atoms with Gasteiger partial charge in [0.2, 0.25) is 0 Å². The van der Waals surface area contributed by atoms with Crippen LogP contribution in [-0.4, -0.2) is 15.4 Å². The maximum atomic E-state index is 13.6. The maximum absolute atomic E-state index is 13.6. The number of alkyl halides is 1. The molecule has 20 heavy (non-hydrogen) atoms. The molecule has 0 amide bonds. The van der Waals surface area contributed by atoms with Crippen LogP contribution in [0.1, 0.15) is 39.6 Å². The van der Waals surface area contributed by atoms with Gasteiger partial charge in [0.15, 0.2) is 0 Å². The monoisotopic (exact) mass is 294 g/mol. The molecule has 1 saturated carbocycles. The smallest absolute Gasteiger partial charge is 0.125 e. The molecule has 0 N–H and O–H groups in total. The summed E-state index contributed by atoms with van der Waals surface area (Å²) in [5.74, 6) is 1.27. The Balaban J connectivity index is 2.22. The van der Waals surface area contributed by atoms with Crippen molar-refractivity contribution in [2.24, 2.45) is 10.8 Å². The van der Waals surface area contributed by atoms with E-state index in [1.165, 1.54) is 6.07 Å². The Hall–Kier alpha value is -1.09. The molecule has 0 aliphatic heterocycles. The summed E-state index contributed by atoms with van der Waals surface area (Å²) in [4.78, 5) is 4.65. The fraction of sp³-hybridized carbons (Fsp3) is 0.562. The predicted molar refractivity (Wildman–Crippen MR) is 80.7 cm³/mol. The minimum absolute atomic E-state index is 0.175. The Morgan fingerprint density at radius 2 is 1.90 bits per heavy atom. The number of fused-ring (bicyclic) bond motifs is 1. The lowest BCUT2D eigenvalue weighted by Gasteiger charge is -2.11. The second-order valence-electron chi connectivity index (χ2n) is 6.82. The van der Waals surface area contributed by atoms with E-state index in [1.807, 2.05) is 0 Å². The molecule has 2 nitrogen and oxygen atoms in total. The van der Waals surface area contributed by atoms with E-state index < -0.39 is 0 Å². The van der Waals surface area contributed by atoms with E-state index in [2.05, 4.69) is 37.2 Å². The van der Waals surface area contributed by atoms with Crippen molar-refractivity contribution in [3.63, 3.8) is 0 Å². The minimum atomic E-state index is -0.215. The largest absolute Gasteiger partial charge is 0.324 e. The van der Waals surface area contributed by atoms with Crippen LogP contribution >= 0.6 is 11.6 Å². The molecule has 108 valence electrons. The van der Waals surface area contributed by atoms with Crippen molar-refractivity contribution in [2.45, 2.75) is 40.2 Å². The van der Waals surface area contributed by atoms with Crippen molar-refractivity contribution >= 4 is 22.6 Å². The van der Waals surface area contributed by atoms with Gasteiger partial charge in [0.1, 0.15) is 11.6 Å². The molecule has 0 saturated heterocycles. The maximum Gasteiger partial charge on any atom is 0.125 e. The lowest BCUT2D eigenvalue weighted by molar-refractivity contribution is 0.457. The summed E-state index contributed by atoms with van der Waals surface area (Å²) in [6, 6.07) is 5.14. The number of rotatable bonds is 3. The summed E-state index contributed by atoms with van der Waals surface area (Å²) in [7, 11) is 0. The van der Waals surface area contributed by atoms with Gasteiger partial charge in [0.25, 0.3) is 0 Å². The van der Waals surface area contributed by atoms with E-state index in [1.54, 1.807) is 12.1 Å². The molecule has 0 spiro atoms. The van der Waals surface area contributed by atoms with Crippen molar-refractivity contribution in [3.05, 3.63) is 29.8 Å². The first kappa shape index (κ1) is 13.9. The van der Waals surface area contributed by atoms with Crippen molar-refractivity contribution in [1.82, 2.24) is 9.55 Å². The normalized spacial score (nSPS) is 20.5. The van der Waals surface area contributed by atoms with Gasteiger partial charge in [-0.2, -0.15) is 0 Å². The first-order valence-corrected chi connectivity index (χ1v) is 7.56. The van der Waals surface area contributed by atoms with Crippen molar-refractivity contribution < 1.29 is 4.39 Å². The van der Waals surface area contributed by atoms with Crippen LogP contribution in [0.15, 0.2) is 18.2 Å². The molecule has 0 unspecified atom stereocenters. The summed E-state index contributed by atoms with van der Waals surface area (Å²) in [5, 5.41) is 0. The van der Waals surface area contributed by atoms with Gasteiger partial charge in [-0.3, -0.25) is 0 Å². The van der Waals surface area contributed by atoms with Crippen LogP contribution in [0, 0.1) is 16.6 Å². The highest BCUT2D eigenvalue weighted by Gasteiger charge is 2.66. The van der Waals surface area contributed by atoms with Crippen LogP contribution in [-0.2, 0) is 6.42 Å². The standard InChI is InChI=1S/C16H20ClFN2/c1-15(2)14(16(15,3)4)20-12-9-10(18)5-6-11(12)19-13(20)7-8-17/h5-6,9,14H,7-8H2,1-4H3. The SMILES string of the molecule is CC1(C)C(n2c(CCCl)nc3ccc(F)cc32)C1(C)C. The summed E-state index contributed by atoms with van der Waals surface area (Å²) in [6.07, 6.45) is 0.709. The summed E-state index contributed by atoms with van der Waals surface area (Å²) < 4.78 is 15.8. The number of aromatic nitrogens is 2.